The molecule has 0 bridgehead atoms. The van der Waals surface area contributed by atoms with Crippen LogP contribution in [-0.4, -0.2) is 21.1 Å². The summed E-state index contributed by atoms with van der Waals surface area (Å²) in [6.45, 7) is 2.27. The first-order chi connectivity index (χ1) is 9.76. The molecule has 0 aliphatic rings. The fourth-order valence-electron chi connectivity index (χ4n) is 1.93. The van der Waals surface area contributed by atoms with Crippen LogP contribution in [0.4, 0.5) is 0 Å². The second-order valence-corrected chi connectivity index (χ2v) is 4.43. The Bertz CT molecular complexity index is 744. The summed E-state index contributed by atoms with van der Waals surface area (Å²) in [7, 11) is 0. The lowest BCUT2D eigenvalue weighted by molar-refractivity contribution is 0.0947. The third-order valence-electron chi connectivity index (χ3n) is 3.05. The minimum atomic E-state index is -0.169. The van der Waals surface area contributed by atoms with Crippen molar-refractivity contribution in [2.75, 3.05) is 0 Å². The van der Waals surface area contributed by atoms with Crippen molar-refractivity contribution in [1.29, 1.82) is 0 Å². The van der Waals surface area contributed by atoms with E-state index in [-0.39, 0.29) is 12.5 Å². The number of H-pyrrole nitrogens is 1. The molecule has 0 saturated carbocycles. The molecule has 0 atom stereocenters. The zero-order chi connectivity index (χ0) is 13.9. The summed E-state index contributed by atoms with van der Waals surface area (Å²) in [5.41, 5.74) is 1.41. The average molecular weight is 270 g/mol. The Morgan fingerprint density at radius 1 is 1.40 bits per heavy atom. The number of fused-ring (bicyclic) bond motifs is 1. The second kappa shape index (κ2) is 5.16. The summed E-state index contributed by atoms with van der Waals surface area (Å²) < 4.78 is 5.43. The molecule has 0 spiro atoms. The predicted molar refractivity (Wildman–Crippen MR) is 73.1 cm³/mol. The Hall–Kier alpha value is -2.63. The van der Waals surface area contributed by atoms with Gasteiger partial charge in [0.2, 0.25) is 5.89 Å². The van der Waals surface area contributed by atoms with E-state index in [1.807, 2.05) is 13.0 Å². The van der Waals surface area contributed by atoms with Gasteiger partial charge in [-0.1, -0.05) is 13.0 Å². The van der Waals surface area contributed by atoms with Crippen LogP contribution >= 0.6 is 0 Å². The number of nitrogens with one attached hydrogen (secondary N) is 2. The standard InChI is InChI=1S/C14H14N4O2/c1-2-11-7-15-13(20-11)8-16-14(19)9-3-4-10-6-17-18-12(10)5-9/h3-7H,2,8H2,1H3,(H,16,19)(H,17,18). The number of hydrogen-bond donors (Lipinski definition) is 2. The van der Waals surface area contributed by atoms with Gasteiger partial charge in [-0.3, -0.25) is 9.89 Å². The highest BCUT2D eigenvalue weighted by molar-refractivity contribution is 5.97. The summed E-state index contributed by atoms with van der Waals surface area (Å²) in [6.07, 6.45) is 4.19. The van der Waals surface area contributed by atoms with Crippen LogP contribution in [0.2, 0.25) is 0 Å². The molecule has 0 fully saturated rings. The van der Waals surface area contributed by atoms with Crippen molar-refractivity contribution in [2.24, 2.45) is 0 Å². The fraction of sp³-hybridized carbons (Fsp3) is 0.214. The second-order valence-electron chi connectivity index (χ2n) is 4.43. The van der Waals surface area contributed by atoms with Gasteiger partial charge in [-0.2, -0.15) is 5.10 Å². The molecule has 3 rings (SSSR count). The Kier molecular flexibility index (Phi) is 3.20. The number of oxazole rings is 1. The van der Waals surface area contributed by atoms with E-state index in [0.29, 0.717) is 11.5 Å². The Labute approximate surface area is 115 Å². The molecular formula is C14H14N4O2. The number of rotatable bonds is 4. The van der Waals surface area contributed by atoms with E-state index in [1.54, 1.807) is 24.5 Å². The Morgan fingerprint density at radius 2 is 2.30 bits per heavy atom. The Balaban J connectivity index is 1.69. The predicted octanol–water partition coefficient (Wildman–Crippen LogP) is 2.04. The highest BCUT2D eigenvalue weighted by atomic mass is 16.4. The maximum absolute atomic E-state index is 12.0. The van der Waals surface area contributed by atoms with Gasteiger partial charge >= 0.3 is 0 Å². The van der Waals surface area contributed by atoms with Crippen molar-refractivity contribution in [1.82, 2.24) is 20.5 Å². The molecule has 0 aliphatic carbocycles. The number of amides is 1. The third kappa shape index (κ3) is 2.40. The lowest BCUT2D eigenvalue weighted by Crippen LogP contribution is -2.22. The SMILES string of the molecule is CCc1cnc(CNC(=O)c2ccc3cn[nH]c3c2)o1. The van der Waals surface area contributed by atoms with Crippen molar-refractivity contribution in [3.63, 3.8) is 0 Å². The number of carbonyl (C=O) groups excluding carboxylic acids is 1. The Morgan fingerprint density at radius 3 is 3.10 bits per heavy atom. The summed E-state index contributed by atoms with van der Waals surface area (Å²) >= 11 is 0. The number of hydrogen-bond acceptors (Lipinski definition) is 4. The number of aromatic amines is 1. The molecule has 0 aliphatic heterocycles. The molecule has 2 aromatic heterocycles. The smallest absolute Gasteiger partial charge is 0.251 e. The van der Waals surface area contributed by atoms with Gasteiger partial charge in [0.15, 0.2) is 0 Å². The molecular weight excluding hydrogens is 256 g/mol. The molecule has 6 nitrogen and oxygen atoms in total. The van der Waals surface area contributed by atoms with Crippen molar-refractivity contribution >= 4 is 16.8 Å². The first-order valence-corrected chi connectivity index (χ1v) is 6.41. The van der Waals surface area contributed by atoms with E-state index >= 15 is 0 Å². The van der Waals surface area contributed by atoms with Crippen LogP contribution in [0.25, 0.3) is 10.9 Å². The van der Waals surface area contributed by atoms with E-state index in [9.17, 15) is 4.79 Å². The van der Waals surface area contributed by atoms with Gasteiger partial charge in [0, 0.05) is 17.4 Å². The van der Waals surface area contributed by atoms with Crippen molar-refractivity contribution in [3.05, 3.63) is 47.8 Å². The van der Waals surface area contributed by atoms with Crippen molar-refractivity contribution in [3.8, 4) is 0 Å². The molecule has 3 aromatic rings. The maximum atomic E-state index is 12.0. The molecule has 6 heteroatoms. The van der Waals surface area contributed by atoms with Crippen LogP contribution in [0.3, 0.4) is 0 Å². The zero-order valence-corrected chi connectivity index (χ0v) is 11.0. The highest BCUT2D eigenvalue weighted by Gasteiger charge is 2.09. The fourth-order valence-corrected chi connectivity index (χ4v) is 1.93. The van der Waals surface area contributed by atoms with E-state index in [1.165, 1.54) is 0 Å². The van der Waals surface area contributed by atoms with Gasteiger partial charge in [-0.15, -0.1) is 0 Å². The van der Waals surface area contributed by atoms with E-state index in [4.69, 9.17) is 4.42 Å². The lowest BCUT2D eigenvalue weighted by atomic mass is 10.1. The van der Waals surface area contributed by atoms with Gasteiger partial charge in [0.05, 0.1) is 24.5 Å². The molecule has 2 N–H and O–H groups in total. The third-order valence-corrected chi connectivity index (χ3v) is 3.05. The van der Waals surface area contributed by atoms with Gasteiger partial charge in [0.25, 0.3) is 5.91 Å². The highest BCUT2D eigenvalue weighted by Crippen LogP contribution is 2.13. The number of carbonyl (C=O) groups is 1. The van der Waals surface area contributed by atoms with Crippen LogP contribution in [0, 0.1) is 0 Å². The lowest BCUT2D eigenvalue weighted by Gasteiger charge is -2.02. The first-order valence-electron chi connectivity index (χ1n) is 6.41. The normalized spacial score (nSPS) is 10.8. The quantitative estimate of drug-likeness (QED) is 0.760. The number of benzene rings is 1. The van der Waals surface area contributed by atoms with Gasteiger partial charge in [-0.05, 0) is 12.1 Å². The minimum absolute atomic E-state index is 0.169. The largest absolute Gasteiger partial charge is 0.444 e. The van der Waals surface area contributed by atoms with E-state index in [0.717, 1.165) is 23.1 Å². The monoisotopic (exact) mass is 270 g/mol. The average Bonchev–Trinajstić information content (AvgIpc) is 3.12. The molecule has 2 heterocycles. The number of aromatic nitrogens is 3. The minimum Gasteiger partial charge on any atom is -0.444 e. The van der Waals surface area contributed by atoms with Gasteiger partial charge in [0.1, 0.15) is 5.76 Å². The zero-order valence-electron chi connectivity index (χ0n) is 11.0. The molecule has 20 heavy (non-hydrogen) atoms. The summed E-state index contributed by atoms with van der Waals surface area (Å²) in [5, 5.41) is 10.5. The summed E-state index contributed by atoms with van der Waals surface area (Å²) in [6, 6.07) is 5.39. The van der Waals surface area contributed by atoms with Crippen LogP contribution in [0.15, 0.2) is 35.0 Å². The maximum Gasteiger partial charge on any atom is 0.251 e. The van der Waals surface area contributed by atoms with Gasteiger partial charge in [-0.25, -0.2) is 4.98 Å². The molecule has 1 aromatic carbocycles. The molecule has 0 unspecified atom stereocenters. The molecule has 0 radical (unpaired) electrons. The summed E-state index contributed by atoms with van der Waals surface area (Å²) in [4.78, 5) is 16.1. The van der Waals surface area contributed by atoms with Crippen LogP contribution in [0.1, 0.15) is 28.9 Å². The van der Waals surface area contributed by atoms with Crippen LogP contribution < -0.4 is 5.32 Å². The van der Waals surface area contributed by atoms with E-state index < -0.39 is 0 Å². The van der Waals surface area contributed by atoms with Gasteiger partial charge < -0.3 is 9.73 Å². The molecule has 1 amide bonds. The molecule has 102 valence electrons. The first kappa shape index (κ1) is 12.4. The van der Waals surface area contributed by atoms with Crippen molar-refractivity contribution in [2.45, 2.75) is 19.9 Å². The number of aryl methyl sites for hydroxylation is 1. The van der Waals surface area contributed by atoms with Crippen LogP contribution in [-0.2, 0) is 13.0 Å². The van der Waals surface area contributed by atoms with E-state index in [2.05, 4.69) is 20.5 Å². The topological polar surface area (TPSA) is 83.8 Å². The number of nitrogens with zero attached hydrogens (tertiary/aromatic N) is 2. The van der Waals surface area contributed by atoms with Crippen molar-refractivity contribution < 1.29 is 9.21 Å². The van der Waals surface area contributed by atoms with Crippen LogP contribution in [0.5, 0.6) is 0 Å². The summed E-state index contributed by atoms with van der Waals surface area (Å²) in [5.74, 6) is 1.16. The molecule has 0 saturated heterocycles.